The van der Waals surface area contributed by atoms with Gasteiger partial charge in [-0.05, 0) is 54.3 Å². The zero-order valence-electron chi connectivity index (χ0n) is 17.8. The first-order chi connectivity index (χ1) is 15.4. The highest BCUT2D eigenvalue weighted by Crippen LogP contribution is 2.44. The molecule has 2 aliphatic rings. The summed E-state index contributed by atoms with van der Waals surface area (Å²) in [6, 6.07) is 13.5. The van der Waals surface area contributed by atoms with Gasteiger partial charge in [-0.2, -0.15) is 4.39 Å². The lowest BCUT2D eigenvalue weighted by Crippen LogP contribution is -2.42. The predicted octanol–water partition coefficient (Wildman–Crippen LogP) is 5.29. The third-order valence-corrected chi connectivity index (χ3v) is 6.64. The Kier molecular flexibility index (Phi) is 5.39. The summed E-state index contributed by atoms with van der Waals surface area (Å²) < 4.78 is 46.3. The molecule has 0 atom stereocenters. The molecular weight excluding hydrogens is 415 g/mol. The van der Waals surface area contributed by atoms with Gasteiger partial charge in [0.1, 0.15) is 0 Å². The molecule has 0 N–H and O–H groups in total. The zero-order valence-corrected chi connectivity index (χ0v) is 17.8. The number of pyridine rings is 1. The van der Waals surface area contributed by atoms with Gasteiger partial charge in [-0.3, -0.25) is 4.90 Å². The first-order valence-corrected chi connectivity index (χ1v) is 10.7. The van der Waals surface area contributed by atoms with Gasteiger partial charge < -0.3 is 9.64 Å². The molecular formula is C25H24F3N3O. The van der Waals surface area contributed by atoms with Crippen molar-refractivity contribution in [2.75, 3.05) is 25.0 Å². The minimum Gasteiger partial charge on any atom is -0.365 e. The molecule has 0 amide bonds. The second-order valence-electron chi connectivity index (χ2n) is 8.55. The van der Waals surface area contributed by atoms with Gasteiger partial charge in [0.05, 0.1) is 12.2 Å². The number of fused-ring (bicyclic) bond motifs is 2. The van der Waals surface area contributed by atoms with E-state index in [1.165, 1.54) is 17.7 Å². The molecule has 0 aliphatic carbocycles. The van der Waals surface area contributed by atoms with Crippen molar-refractivity contribution >= 4 is 11.4 Å². The monoisotopic (exact) mass is 439 g/mol. The number of piperidine rings is 1. The molecule has 166 valence electrons. The first kappa shape index (κ1) is 21.0. The molecule has 1 spiro atoms. The van der Waals surface area contributed by atoms with Gasteiger partial charge >= 0.3 is 0 Å². The van der Waals surface area contributed by atoms with Crippen LogP contribution in [-0.4, -0.2) is 30.0 Å². The van der Waals surface area contributed by atoms with Crippen LogP contribution in [0.4, 0.5) is 24.5 Å². The summed E-state index contributed by atoms with van der Waals surface area (Å²) >= 11 is 0. The average Bonchev–Trinajstić information content (AvgIpc) is 3.14. The van der Waals surface area contributed by atoms with Crippen LogP contribution < -0.4 is 4.90 Å². The van der Waals surface area contributed by atoms with E-state index in [9.17, 15) is 13.2 Å². The van der Waals surface area contributed by atoms with E-state index >= 15 is 0 Å². The van der Waals surface area contributed by atoms with Crippen LogP contribution in [0.3, 0.4) is 0 Å². The Balaban J connectivity index is 1.21. The Bertz CT molecular complexity index is 1130. The Morgan fingerprint density at radius 3 is 2.41 bits per heavy atom. The van der Waals surface area contributed by atoms with Gasteiger partial charge in [0.25, 0.3) is 0 Å². The summed E-state index contributed by atoms with van der Waals surface area (Å²) in [7, 11) is 1.83. The van der Waals surface area contributed by atoms with Crippen molar-refractivity contribution in [2.24, 2.45) is 0 Å². The van der Waals surface area contributed by atoms with Crippen LogP contribution in [-0.2, 0) is 23.5 Å². The highest BCUT2D eigenvalue weighted by molar-refractivity contribution is 5.62. The van der Waals surface area contributed by atoms with E-state index in [0.717, 1.165) is 55.4 Å². The third kappa shape index (κ3) is 3.87. The normalized spacial score (nSPS) is 17.5. The lowest BCUT2D eigenvalue weighted by atomic mass is 9.84. The number of anilines is 2. The summed E-state index contributed by atoms with van der Waals surface area (Å²) in [5, 5.41) is 0. The van der Waals surface area contributed by atoms with Crippen LogP contribution in [0.1, 0.15) is 29.5 Å². The lowest BCUT2D eigenvalue weighted by Gasteiger charge is -2.39. The SMILES string of the molecule is CN(c1ccc(CN2CCC3(CC2)OCc2cc(F)ncc23)cc1)c1ccc(F)c(F)c1. The molecule has 2 aliphatic heterocycles. The number of nitrogens with zero attached hydrogens (tertiary/aromatic N) is 3. The molecule has 2 aromatic carbocycles. The lowest BCUT2D eigenvalue weighted by molar-refractivity contribution is -0.0800. The van der Waals surface area contributed by atoms with Gasteiger partial charge in [0, 0.05) is 55.9 Å². The average molecular weight is 439 g/mol. The standard InChI is InChI=1S/C25H24F3N3O/c1-30(20-6-7-22(26)23(27)13-20)19-4-2-17(3-5-19)15-31-10-8-25(9-11-31)21-14-29-24(28)12-18(21)16-32-25/h2-7,12-14H,8-11,15-16H2,1H3. The molecule has 32 heavy (non-hydrogen) atoms. The zero-order chi connectivity index (χ0) is 22.3. The third-order valence-electron chi connectivity index (χ3n) is 6.64. The fourth-order valence-corrected chi connectivity index (χ4v) is 4.70. The summed E-state index contributed by atoms with van der Waals surface area (Å²) in [5.41, 5.74) is 4.26. The van der Waals surface area contributed by atoms with E-state index in [1.807, 2.05) is 24.1 Å². The fourth-order valence-electron chi connectivity index (χ4n) is 4.70. The fraction of sp³-hybridized carbons (Fsp3) is 0.320. The molecule has 3 aromatic rings. The van der Waals surface area contributed by atoms with Crippen LogP contribution in [0.2, 0.25) is 0 Å². The van der Waals surface area contributed by atoms with E-state index in [2.05, 4.69) is 22.0 Å². The number of halogens is 3. The quantitative estimate of drug-likeness (QED) is 0.517. The molecule has 1 fully saturated rings. The molecule has 0 saturated carbocycles. The van der Waals surface area contributed by atoms with Gasteiger partial charge in [-0.15, -0.1) is 0 Å². The molecule has 0 bridgehead atoms. The number of likely N-dealkylation sites (tertiary alicyclic amines) is 1. The Morgan fingerprint density at radius 2 is 1.69 bits per heavy atom. The number of ether oxygens (including phenoxy) is 1. The number of rotatable bonds is 4. The van der Waals surface area contributed by atoms with Crippen molar-refractivity contribution in [3.05, 3.63) is 89.0 Å². The van der Waals surface area contributed by atoms with Crippen LogP contribution >= 0.6 is 0 Å². The molecule has 1 saturated heterocycles. The minimum atomic E-state index is -0.858. The van der Waals surface area contributed by atoms with Gasteiger partial charge in [0.15, 0.2) is 11.6 Å². The van der Waals surface area contributed by atoms with Crippen LogP contribution in [0.5, 0.6) is 0 Å². The van der Waals surface area contributed by atoms with Crippen LogP contribution in [0.25, 0.3) is 0 Å². The first-order valence-electron chi connectivity index (χ1n) is 10.7. The van der Waals surface area contributed by atoms with Crippen molar-refractivity contribution in [2.45, 2.75) is 31.6 Å². The van der Waals surface area contributed by atoms with E-state index in [4.69, 9.17) is 4.74 Å². The molecule has 3 heterocycles. The highest BCUT2D eigenvalue weighted by atomic mass is 19.2. The molecule has 5 rings (SSSR count). The Morgan fingerprint density at radius 1 is 0.969 bits per heavy atom. The molecule has 4 nitrogen and oxygen atoms in total. The second kappa shape index (κ2) is 8.22. The van der Waals surface area contributed by atoms with Crippen LogP contribution in [0.15, 0.2) is 54.7 Å². The molecule has 7 heteroatoms. The number of benzene rings is 2. The number of hydrogen-bond acceptors (Lipinski definition) is 4. The van der Waals surface area contributed by atoms with Crippen molar-refractivity contribution in [3.63, 3.8) is 0 Å². The van der Waals surface area contributed by atoms with Gasteiger partial charge in [-0.25, -0.2) is 13.8 Å². The van der Waals surface area contributed by atoms with Crippen molar-refractivity contribution in [3.8, 4) is 0 Å². The maximum atomic E-state index is 13.6. The number of hydrogen-bond donors (Lipinski definition) is 0. The summed E-state index contributed by atoms with van der Waals surface area (Å²) in [4.78, 5) is 8.05. The van der Waals surface area contributed by atoms with E-state index in [1.54, 1.807) is 12.3 Å². The topological polar surface area (TPSA) is 28.6 Å². The van der Waals surface area contributed by atoms with Crippen molar-refractivity contribution < 1.29 is 17.9 Å². The van der Waals surface area contributed by atoms with Gasteiger partial charge in [0.2, 0.25) is 5.95 Å². The maximum Gasteiger partial charge on any atom is 0.213 e. The van der Waals surface area contributed by atoms with E-state index in [-0.39, 0.29) is 5.60 Å². The Labute approximate surface area is 185 Å². The van der Waals surface area contributed by atoms with Gasteiger partial charge in [-0.1, -0.05) is 12.1 Å². The van der Waals surface area contributed by atoms with E-state index < -0.39 is 17.6 Å². The number of aromatic nitrogens is 1. The second-order valence-corrected chi connectivity index (χ2v) is 8.55. The smallest absolute Gasteiger partial charge is 0.213 e. The molecule has 0 radical (unpaired) electrons. The largest absolute Gasteiger partial charge is 0.365 e. The minimum absolute atomic E-state index is 0.344. The van der Waals surface area contributed by atoms with Crippen molar-refractivity contribution in [1.29, 1.82) is 0 Å². The summed E-state index contributed by atoms with van der Waals surface area (Å²) in [6.07, 6.45) is 3.34. The summed E-state index contributed by atoms with van der Waals surface area (Å²) in [6.45, 7) is 3.03. The van der Waals surface area contributed by atoms with Crippen molar-refractivity contribution in [1.82, 2.24) is 9.88 Å². The molecule has 0 unspecified atom stereocenters. The Hall–Kier alpha value is -2.90. The molecule has 1 aromatic heterocycles. The highest BCUT2D eigenvalue weighted by Gasteiger charge is 2.43. The summed E-state index contributed by atoms with van der Waals surface area (Å²) in [5.74, 6) is -2.17. The maximum absolute atomic E-state index is 13.6. The van der Waals surface area contributed by atoms with Crippen LogP contribution in [0, 0.1) is 17.6 Å². The predicted molar refractivity (Wildman–Crippen MR) is 116 cm³/mol. The van der Waals surface area contributed by atoms with E-state index in [0.29, 0.717) is 12.3 Å².